The van der Waals surface area contributed by atoms with E-state index < -0.39 is 0 Å². The molecule has 4 heteroatoms. The van der Waals surface area contributed by atoms with Crippen LogP contribution in [0.15, 0.2) is 6.20 Å². The average Bonchev–Trinajstić information content (AvgIpc) is 2.93. The Morgan fingerprint density at radius 2 is 2.17 bits per heavy atom. The van der Waals surface area contributed by atoms with Gasteiger partial charge in [0.15, 0.2) is 0 Å². The first-order chi connectivity index (χ1) is 8.85. The number of nitrogens with two attached hydrogens (primary N) is 1. The van der Waals surface area contributed by atoms with Gasteiger partial charge in [-0.15, -0.1) is 0 Å². The van der Waals surface area contributed by atoms with E-state index in [1.165, 1.54) is 31.4 Å². The number of nitrogens with one attached hydrogen (secondary N) is 1. The van der Waals surface area contributed by atoms with Gasteiger partial charge in [0.1, 0.15) is 5.82 Å². The molecule has 0 aliphatic heterocycles. The molecular formula is C14H24N4. The summed E-state index contributed by atoms with van der Waals surface area (Å²) in [4.78, 5) is 9.15. The molecule has 1 aromatic rings. The zero-order chi connectivity index (χ0) is 12.8. The molecule has 1 aliphatic carbocycles. The molecule has 1 heterocycles. The summed E-state index contributed by atoms with van der Waals surface area (Å²) in [5.74, 6) is 1.58. The van der Waals surface area contributed by atoms with Crippen LogP contribution >= 0.6 is 0 Å². The van der Waals surface area contributed by atoms with Gasteiger partial charge < -0.3 is 11.1 Å². The Labute approximate surface area is 109 Å². The minimum atomic E-state index is 0.624. The number of hydrogen-bond acceptors (Lipinski definition) is 4. The molecule has 4 nitrogen and oxygen atoms in total. The smallest absolute Gasteiger partial charge is 0.128 e. The molecule has 0 bridgehead atoms. The molecule has 0 amide bonds. The summed E-state index contributed by atoms with van der Waals surface area (Å²) in [6, 6.07) is 0. The quantitative estimate of drug-likeness (QED) is 0.759. The lowest BCUT2D eigenvalue weighted by atomic mass is 10.0. The molecule has 0 radical (unpaired) electrons. The Kier molecular flexibility index (Phi) is 4.93. The highest BCUT2D eigenvalue weighted by Crippen LogP contribution is 2.36. The first-order valence-electron chi connectivity index (χ1n) is 7.15. The molecular weight excluding hydrogens is 224 g/mol. The zero-order valence-electron chi connectivity index (χ0n) is 11.3. The fourth-order valence-electron chi connectivity index (χ4n) is 2.58. The van der Waals surface area contributed by atoms with Crippen LogP contribution in [0.2, 0.25) is 0 Å². The molecule has 1 aromatic heterocycles. The largest absolute Gasteiger partial charge is 0.382 e. The topological polar surface area (TPSA) is 63.8 Å². The number of aromatic nitrogens is 2. The van der Waals surface area contributed by atoms with Crippen LogP contribution in [0.3, 0.4) is 0 Å². The second kappa shape index (κ2) is 6.69. The van der Waals surface area contributed by atoms with Crippen molar-refractivity contribution < 1.29 is 0 Å². The Morgan fingerprint density at radius 1 is 1.39 bits per heavy atom. The predicted molar refractivity (Wildman–Crippen MR) is 74.8 cm³/mol. The van der Waals surface area contributed by atoms with Crippen LogP contribution in [0.4, 0.5) is 5.69 Å². The minimum Gasteiger partial charge on any atom is -0.382 e. The number of rotatable bonds is 6. The van der Waals surface area contributed by atoms with Gasteiger partial charge in [-0.2, -0.15) is 0 Å². The number of nitrogens with zero attached hydrogens (tertiary/aromatic N) is 2. The first-order valence-corrected chi connectivity index (χ1v) is 7.15. The van der Waals surface area contributed by atoms with Crippen molar-refractivity contribution in [2.45, 2.75) is 51.4 Å². The third-order valence-corrected chi connectivity index (χ3v) is 3.62. The molecule has 0 unspecified atom stereocenters. The molecule has 2 rings (SSSR count). The lowest BCUT2D eigenvalue weighted by Gasteiger charge is -2.16. The van der Waals surface area contributed by atoms with Gasteiger partial charge >= 0.3 is 0 Å². The van der Waals surface area contributed by atoms with Gasteiger partial charge in [0, 0.05) is 18.9 Å². The molecule has 0 spiro atoms. The maximum absolute atomic E-state index is 5.53. The molecule has 3 N–H and O–H groups in total. The van der Waals surface area contributed by atoms with Gasteiger partial charge in [0.2, 0.25) is 0 Å². The summed E-state index contributed by atoms with van der Waals surface area (Å²) in [5, 5.41) is 3.44. The van der Waals surface area contributed by atoms with E-state index in [0.29, 0.717) is 5.92 Å². The summed E-state index contributed by atoms with van der Waals surface area (Å²) in [7, 11) is 0. The molecule has 0 saturated heterocycles. The van der Waals surface area contributed by atoms with Gasteiger partial charge in [-0.1, -0.05) is 19.8 Å². The number of anilines is 1. The summed E-state index contributed by atoms with van der Waals surface area (Å²) < 4.78 is 0. The number of aryl methyl sites for hydroxylation is 1. The Bertz CT molecular complexity index is 372. The van der Waals surface area contributed by atoms with Gasteiger partial charge in [-0.3, -0.25) is 0 Å². The third kappa shape index (κ3) is 3.19. The molecule has 18 heavy (non-hydrogen) atoms. The van der Waals surface area contributed by atoms with E-state index in [1.807, 2.05) is 6.20 Å². The van der Waals surface area contributed by atoms with E-state index in [2.05, 4.69) is 17.2 Å². The lowest BCUT2D eigenvalue weighted by molar-refractivity contribution is 0.685. The minimum absolute atomic E-state index is 0.624. The van der Waals surface area contributed by atoms with Gasteiger partial charge in [-0.25, -0.2) is 9.97 Å². The van der Waals surface area contributed by atoms with Crippen molar-refractivity contribution in [2.24, 2.45) is 5.73 Å². The molecule has 1 fully saturated rings. The zero-order valence-corrected chi connectivity index (χ0v) is 11.3. The van der Waals surface area contributed by atoms with E-state index in [4.69, 9.17) is 10.7 Å². The van der Waals surface area contributed by atoms with Crippen LogP contribution in [0.25, 0.3) is 0 Å². The van der Waals surface area contributed by atoms with Crippen molar-refractivity contribution in [1.29, 1.82) is 0 Å². The van der Waals surface area contributed by atoms with Crippen molar-refractivity contribution in [3.63, 3.8) is 0 Å². The van der Waals surface area contributed by atoms with Crippen LogP contribution in [0.1, 0.15) is 56.5 Å². The Morgan fingerprint density at radius 3 is 2.83 bits per heavy atom. The molecule has 1 aliphatic rings. The Balaban J connectivity index is 2.15. The van der Waals surface area contributed by atoms with Crippen molar-refractivity contribution in [3.8, 4) is 0 Å². The highest BCUT2D eigenvalue weighted by Gasteiger charge is 2.22. The van der Waals surface area contributed by atoms with E-state index in [-0.39, 0.29) is 0 Å². The molecule has 0 aromatic carbocycles. The Hall–Kier alpha value is -1.16. The van der Waals surface area contributed by atoms with Crippen molar-refractivity contribution in [3.05, 3.63) is 17.7 Å². The number of hydrogen-bond donors (Lipinski definition) is 2. The predicted octanol–water partition coefficient (Wildman–Crippen LogP) is 2.46. The van der Waals surface area contributed by atoms with E-state index in [1.54, 1.807) is 0 Å². The third-order valence-electron chi connectivity index (χ3n) is 3.62. The van der Waals surface area contributed by atoms with Crippen LogP contribution in [0, 0.1) is 0 Å². The highest BCUT2D eigenvalue weighted by atomic mass is 15.0. The van der Waals surface area contributed by atoms with Gasteiger partial charge in [-0.05, 0) is 25.8 Å². The summed E-state index contributed by atoms with van der Waals surface area (Å²) in [6.45, 7) is 3.74. The fourth-order valence-corrected chi connectivity index (χ4v) is 2.58. The SMILES string of the molecule is CCc1ncc(NCCCN)c(C2CCCC2)n1. The van der Waals surface area contributed by atoms with E-state index in [0.717, 1.165) is 37.4 Å². The van der Waals surface area contributed by atoms with Crippen LogP contribution in [-0.4, -0.2) is 23.1 Å². The van der Waals surface area contributed by atoms with Crippen molar-refractivity contribution in [1.82, 2.24) is 9.97 Å². The normalized spacial score (nSPS) is 16.1. The van der Waals surface area contributed by atoms with Crippen LogP contribution < -0.4 is 11.1 Å². The van der Waals surface area contributed by atoms with Crippen LogP contribution in [-0.2, 0) is 6.42 Å². The molecule has 0 atom stereocenters. The lowest BCUT2D eigenvalue weighted by Crippen LogP contribution is -2.13. The second-order valence-corrected chi connectivity index (χ2v) is 4.99. The summed E-state index contributed by atoms with van der Waals surface area (Å²) in [6.07, 6.45) is 9.05. The summed E-state index contributed by atoms with van der Waals surface area (Å²) in [5.41, 5.74) is 7.88. The van der Waals surface area contributed by atoms with Crippen molar-refractivity contribution >= 4 is 5.69 Å². The molecule has 100 valence electrons. The standard InChI is InChI=1S/C14H24N4/c1-2-13-17-10-12(16-9-5-8-15)14(18-13)11-6-3-4-7-11/h10-11,16H,2-9,15H2,1H3. The molecule has 1 saturated carbocycles. The van der Waals surface area contributed by atoms with E-state index >= 15 is 0 Å². The van der Waals surface area contributed by atoms with Crippen molar-refractivity contribution in [2.75, 3.05) is 18.4 Å². The van der Waals surface area contributed by atoms with E-state index in [9.17, 15) is 0 Å². The van der Waals surface area contributed by atoms with Gasteiger partial charge in [0.05, 0.1) is 17.6 Å². The average molecular weight is 248 g/mol. The fraction of sp³-hybridized carbons (Fsp3) is 0.714. The maximum atomic E-state index is 5.53. The highest BCUT2D eigenvalue weighted by molar-refractivity contribution is 5.48. The maximum Gasteiger partial charge on any atom is 0.128 e. The second-order valence-electron chi connectivity index (χ2n) is 4.99. The van der Waals surface area contributed by atoms with Crippen LogP contribution in [0.5, 0.6) is 0 Å². The summed E-state index contributed by atoms with van der Waals surface area (Å²) >= 11 is 0. The monoisotopic (exact) mass is 248 g/mol. The first kappa shape index (κ1) is 13.3. The van der Waals surface area contributed by atoms with Gasteiger partial charge in [0.25, 0.3) is 0 Å².